The van der Waals surface area contributed by atoms with E-state index in [0.29, 0.717) is 23.9 Å². The van der Waals surface area contributed by atoms with Gasteiger partial charge >= 0.3 is 0 Å². The van der Waals surface area contributed by atoms with Crippen LogP contribution in [0.15, 0.2) is 42.7 Å². The van der Waals surface area contributed by atoms with E-state index in [1.807, 2.05) is 31.3 Å². The first-order valence-electron chi connectivity index (χ1n) is 8.18. The maximum atomic E-state index is 12.4. The zero-order valence-electron chi connectivity index (χ0n) is 13.8. The number of amides is 1. The molecule has 1 aliphatic rings. The Kier molecular flexibility index (Phi) is 4.07. The summed E-state index contributed by atoms with van der Waals surface area (Å²) in [6.07, 6.45) is 4.54. The number of benzene rings is 1. The van der Waals surface area contributed by atoms with Crippen LogP contribution in [0.4, 0.5) is 5.82 Å². The van der Waals surface area contributed by atoms with Gasteiger partial charge in [-0.25, -0.2) is 0 Å². The third-order valence-corrected chi connectivity index (χ3v) is 4.17. The van der Waals surface area contributed by atoms with Gasteiger partial charge in [-0.2, -0.15) is 5.10 Å². The molecule has 25 heavy (non-hydrogen) atoms. The van der Waals surface area contributed by atoms with Crippen LogP contribution in [0.5, 0.6) is 11.5 Å². The molecular formula is C18H18N4O3. The Balaban J connectivity index is 1.70. The Morgan fingerprint density at radius 3 is 3.04 bits per heavy atom. The minimum Gasteiger partial charge on any atom is -0.455 e. The normalized spacial score (nSPS) is 16.9. The van der Waals surface area contributed by atoms with E-state index < -0.39 is 6.10 Å². The minimum absolute atomic E-state index is 0.173. The number of hydrogen-bond donors (Lipinski definition) is 1. The van der Waals surface area contributed by atoms with Crippen LogP contribution in [0.3, 0.4) is 0 Å². The van der Waals surface area contributed by atoms with Crippen LogP contribution in [0.25, 0.3) is 10.9 Å². The molecule has 128 valence electrons. The first kappa shape index (κ1) is 15.6. The van der Waals surface area contributed by atoms with Gasteiger partial charge in [0.05, 0.1) is 17.1 Å². The molecule has 1 saturated heterocycles. The van der Waals surface area contributed by atoms with Gasteiger partial charge in [-0.05, 0) is 37.1 Å². The molecule has 1 aliphatic heterocycles. The number of nitrogens with one attached hydrogen (secondary N) is 1. The third-order valence-electron chi connectivity index (χ3n) is 4.17. The number of anilines is 1. The maximum Gasteiger partial charge on any atom is 0.254 e. The van der Waals surface area contributed by atoms with Crippen molar-refractivity contribution in [1.82, 2.24) is 14.8 Å². The van der Waals surface area contributed by atoms with Crippen molar-refractivity contribution in [1.29, 1.82) is 0 Å². The second-order valence-electron chi connectivity index (χ2n) is 5.90. The number of carbonyl (C=O) groups is 1. The van der Waals surface area contributed by atoms with Gasteiger partial charge in [0, 0.05) is 19.9 Å². The fourth-order valence-corrected chi connectivity index (χ4v) is 2.97. The van der Waals surface area contributed by atoms with E-state index in [1.54, 1.807) is 23.1 Å². The van der Waals surface area contributed by atoms with Crippen molar-refractivity contribution >= 4 is 22.6 Å². The predicted molar refractivity (Wildman–Crippen MR) is 92.6 cm³/mol. The van der Waals surface area contributed by atoms with Crippen LogP contribution in [0.1, 0.15) is 12.8 Å². The lowest BCUT2D eigenvalue weighted by atomic mass is 10.2. The van der Waals surface area contributed by atoms with Gasteiger partial charge in [0.2, 0.25) is 0 Å². The van der Waals surface area contributed by atoms with E-state index in [2.05, 4.69) is 15.4 Å². The molecule has 1 fully saturated rings. The van der Waals surface area contributed by atoms with E-state index in [9.17, 15) is 4.79 Å². The first-order valence-corrected chi connectivity index (χ1v) is 8.18. The summed E-state index contributed by atoms with van der Waals surface area (Å²) in [4.78, 5) is 16.5. The van der Waals surface area contributed by atoms with Gasteiger partial charge in [0.15, 0.2) is 5.82 Å². The summed E-state index contributed by atoms with van der Waals surface area (Å²) in [5.74, 6) is 1.53. The monoisotopic (exact) mass is 338 g/mol. The number of ether oxygens (including phenoxy) is 2. The van der Waals surface area contributed by atoms with Gasteiger partial charge in [-0.15, -0.1) is 0 Å². The lowest BCUT2D eigenvalue weighted by Gasteiger charge is -2.10. The highest BCUT2D eigenvalue weighted by molar-refractivity contribution is 6.04. The molecule has 2 aromatic heterocycles. The largest absolute Gasteiger partial charge is 0.455 e. The molecule has 0 saturated carbocycles. The van der Waals surface area contributed by atoms with Crippen LogP contribution < -0.4 is 10.1 Å². The Morgan fingerprint density at radius 1 is 1.36 bits per heavy atom. The van der Waals surface area contributed by atoms with Gasteiger partial charge in [0.1, 0.15) is 17.6 Å². The molecule has 0 unspecified atom stereocenters. The van der Waals surface area contributed by atoms with Crippen LogP contribution in [0.2, 0.25) is 0 Å². The highest BCUT2D eigenvalue weighted by Gasteiger charge is 2.25. The number of carbonyl (C=O) groups excluding carboxylic acids is 1. The number of aromatic nitrogens is 3. The molecule has 0 bridgehead atoms. The Hall–Kier alpha value is -2.93. The number of aryl methyl sites for hydroxylation is 1. The van der Waals surface area contributed by atoms with Crippen LogP contribution in [-0.4, -0.2) is 33.4 Å². The quantitative estimate of drug-likeness (QED) is 0.791. The molecule has 1 aromatic carbocycles. The number of nitrogens with zero attached hydrogens (tertiary/aromatic N) is 3. The molecule has 3 aromatic rings. The van der Waals surface area contributed by atoms with Gasteiger partial charge < -0.3 is 14.8 Å². The average molecular weight is 338 g/mol. The molecule has 1 amide bonds. The van der Waals surface area contributed by atoms with Gasteiger partial charge in [0.25, 0.3) is 5.91 Å². The highest BCUT2D eigenvalue weighted by atomic mass is 16.5. The summed E-state index contributed by atoms with van der Waals surface area (Å²) in [5.41, 5.74) is 0.865. The van der Waals surface area contributed by atoms with Crippen molar-refractivity contribution < 1.29 is 14.3 Å². The first-order chi connectivity index (χ1) is 12.2. The number of fused-ring (bicyclic) bond motifs is 1. The molecule has 7 nitrogen and oxygen atoms in total. The topological polar surface area (TPSA) is 78.3 Å². The predicted octanol–water partition coefficient (Wildman–Crippen LogP) is 2.88. The third kappa shape index (κ3) is 3.06. The summed E-state index contributed by atoms with van der Waals surface area (Å²) in [7, 11) is 1.83. The standard InChI is InChI=1S/C18H18N4O3/c1-22-13-6-2-7-14(25-12-5-3-9-19-11-12)16(13)17(21-22)20-18(23)15-8-4-10-24-15/h2-3,5-7,9,11,15H,4,8,10H2,1H3,(H,20,21,23)/t15-/m1/s1. The SMILES string of the molecule is Cn1nc(NC(=O)[C@H]2CCCO2)c2c(Oc3cccnc3)cccc21. The van der Waals surface area contributed by atoms with Crippen LogP contribution in [0, 0.1) is 0 Å². The van der Waals surface area contributed by atoms with E-state index in [1.165, 1.54) is 0 Å². The maximum absolute atomic E-state index is 12.4. The van der Waals surface area contributed by atoms with Crippen LogP contribution >= 0.6 is 0 Å². The zero-order valence-corrected chi connectivity index (χ0v) is 13.8. The molecular weight excluding hydrogens is 320 g/mol. The molecule has 0 spiro atoms. The summed E-state index contributed by atoms with van der Waals surface area (Å²) < 4.78 is 13.1. The van der Waals surface area contributed by atoms with Crippen molar-refractivity contribution in [3.63, 3.8) is 0 Å². The van der Waals surface area contributed by atoms with E-state index in [0.717, 1.165) is 23.7 Å². The molecule has 4 rings (SSSR count). The second-order valence-corrected chi connectivity index (χ2v) is 5.90. The van der Waals surface area contributed by atoms with Crippen molar-refractivity contribution in [2.24, 2.45) is 7.05 Å². The molecule has 7 heteroatoms. The van der Waals surface area contributed by atoms with Crippen molar-refractivity contribution in [2.75, 3.05) is 11.9 Å². The molecule has 0 aliphatic carbocycles. The average Bonchev–Trinajstić information content (AvgIpc) is 3.26. The summed E-state index contributed by atoms with van der Waals surface area (Å²) in [6.45, 7) is 0.621. The number of hydrogen-bond acceptors (Lipinski definition) is 5. The fourth-order valence-electron chi connectivity index (χ4n) is 2.97. The summed E-state index contributed by atoms with van der Waals surface area (Å²) in [6, 6.07) is 9.30. The van der Waals surface area contributed by atoms with Gasteiger partial charge in [-0.1, -0.05) is 6.07 Å². The minimum atomic E-state index is -0.413. The Bertz CT molecular complexity index is 901. The summed E-state index contributed by atoms with van der Waals surface area (Å²) in [5, 5.41) is 8.07. The van der Waals surface area contributed by atoms with Crippen molar-refractivity contribution in [3.05, 3.63) is 42.7 Å². The van der Waals surface area contributed by atoms with E-state index in [-0.39, 0.29) is 5.91 Å². The van der Waals surface area contributed by atoms with Gasteiger partial charge in [-0.3, -0.25) is 14.5 Å². The fraction of sp³-hybridized carbons (Fsp3) is 0.278. The van der Waals surface area contributed by atoms with E-state index in [4.69, 9.17) is 9.47 Å². The molecule has 0 radical (unpaired) electrons. The van der Waals surface area contributed by atoms with Crippen LogP contribution in [-0.2, 0) is 16.6 Å². The molecule has 3 heterocycles. The van der Waals surface area contributed by atoms with Crippen molar-refractivity contribution in [3.8, 4) is 11.5 Å². The Morgan fingerprint density at radius 2 is 2.28 bits per heavy atom. The number of pyridine rings is 1. The zero-order chi connectivity index (χ0) is 17.2. The lowest BCUT2D eigenvalue weighted by Crippen LogP contribution is -2.27. The lowest BCUT2D eigenvalue weighted by molar-refractivity contribution is -0.124. The summed E-state index contributed by atoms with van der Waals surface area (Å²) >= 11 is 0. The number of rotatable bonds is 4. The Labute approximate surface area is 144 Å². The van der Waals surface area contributed by atoms with E-state index >= 15 is 0 Å². The smallest absolute Gasteiger partial charge is 0.254 e. The molecule has 1 atom stereocenters. The molecule has 1 N–H and O–H groups in total. The highest BCUT2D eigenvalue weighted by Crippen LogP contribution is 2.34. The second kappa shape index (κ2) is 6.52. The van der Waals surface area contributed by atoms with Crippen molar-refractivity contribution in [2.45, 2.75) is 18.9 Å².